The molecule has 5 heteroatoms. The van der Waals surface area contributed by atoms with Crippen LogP contribution >= 0.6 is 0 Å². The fourth-order valence-electron chi connectivity index (χ4n) is 2.29. The van der Waals surface area contributed by atoms with Crippen molar-refractivity contribution in [2.75, 3.05) is 11.9 Å². The maximum atomic E-state index is 11.6. The highest BCUT2D eigenvalue weighted by molar-refractivity contribution is 5.86. The van der Waals surface area contributed by atoms with Gasteiger partial charge >= 0.3 is 6.09 Å². The van der Waals surface area contributed by atoms with Crippen LogP contribution in [0.25, 0.3) is 0 Å². The molecule has 0 aromatic heterocycles. The first-order valence-corrected chi connectivity index (χ1v) is 7.04. The molecule has 0 atom stereocenters. The van der Waals surface area contributed by atoms with Crippen LogP contribution in [0.4, 0.5) is 10.5 Å². The van der Waals surface area contributed by atoms with Gasteiger partial charge in [0.2, 0.25) is 0 Å². The van der Waals surface area contributed by atoms with E-state index in [1.807, 2.05) is 43.3 Å². The first kappa shape index (κ1) is 14.1. The van der Waals surface area contributed by atoms with Crippen molar-refractivity contribution in [1.29, 1.82) is 0 Å². The smallest absolute Gasteiger partial charge is 0.437 e. The molecule has 0 bridgehead atoms. The lowest BCUT2D eigenvalue weighted by molar-refractivity contribution is 0.167. The van der Waals surface area contributed by atoms with Crippen molar-refractivity contribution < 1.29 is 14.4 Å². The molecule has 0 spiro atoms. The number of benzene rings is 2. The largest absolute Gasteiger partial charge is 0.493 e. The van der Waals surface area contributed by atoms with Gasteiger partial charge in [-0.3, -0.25) is 10.2 Å². The van der Waals surface area contributed by atoms with Crippen molar-refractivity contribution in [2.45, 2.75) is 13.3 Å². The zero-order valence-electron chi connectivity index (χ0n) is 12.2. The second kappa shape index (κ2) is 6.30. The zero-order chi connectivity index (χ0) is 15.4. The van der Waals surface area contributed by atoms with E-state index in [4.69, 9.17) is 9.57 Å². The number of rotatable bonds is 3. The fraction of sp³-hybridized carbons (Fsp3) is 0.176. The summed E-state index contributed by atoms with van der Waals surface area (Å²) in [5, 5.41) is 6.32. The van der Waals surface area contributed by atoms with Gasteiger partial charge in [0, 0.05) is 12.1 Å². The molecule has 0 radical (unpaired) electrons. The van der Waals surface area contributed by atoms with E-state index in [1.54, 1.807) is 6.07 Å². The van der Waals surface area contributed by atoms with Crippen LogP contribution in [-0.2, 0) is 11.3 Å². The average Bonchev–Trinajstić information content (AvgIpc) is 2.95. The number of hydrogen-bond donors (Lipinski definition) is 1. The number of oxime groups is 1. The third-order valence-electron chi connectivity index (χ3n) is 3.32. The highest BCUT2D eigenvalue weighted by Crippen LogP contribution is 2.25. The Kier molecular flexibility index (Phi) is 4.05. The molecule has 1 aliphatic rings. The second-order valence-electron chi connectivity index (χ2n) is 5.07. The summed E-state index contributed by atoms with van der Waals surface area (Å²) in [4.78, 5) is 16.4. The van der Waals surface area contributed by atoms with E-state index >= 15 is 0 Å². The number of fused-ring (bicyclic) bond motifs is 1. The first-order valence-electron chi connectivity index (χ1n) is 7.04. The Morgan fingerprint density at radius 3 is 3.09 bits per heavy atom. The van der Waals surface area contributed by atoms with Gasteiger partial charge in [0.05, 0.1) is 12.8 Å². The fourth-order valence-corrected chi connectivity index (χ4v) is 2.29. The molecule has 22 heavy (non-hydrogen) atoms. The molecule has 1 aliphatic heterocycles. The summed E-state index contributed by atoms with van der Waals surface area (Å²) in [5.74, 6) is 0.912. The Hall–Kier alpha value is -2.82. The molecule has 1 amide bonds. The average molecular weight is 296 g/mol. The molecular formula is C17H16N2O3. The lowest BCUT2D eigenvalue weighted by atomic mass is 10.1. The normalized spacial score (nSPS) is 12.8. The number of hydrogen-bond acceptors (Lipinski definition) is 4. The van der Waals surface area contributed by atoms with E-state index in [2.05, 4.69) is 10.5 Å². The lowest BCUT2D eigenvalue weighted by Gasteiger charge is -2.03. The Labute approximate surface area is 128 Å². The van der Waals surface area contributed by atoms with Crippen LogP contribution in [-0.4, -0.2) is 18.9 Å². The first-order chi connectivity index (χ1) is 10.7. The van der Waals surface area contributed by atoms with Crippen molar-refractivity contribution >= 4 is 18.0 Å². The van der Waals surface area contributed by atoms with Crippen LogP contribution in [0.1, 0.15) is 16.7 Å². The van der Waals surface area contributed by atoms with Gasteiger partial charge in [-0.25, -0.2) is 4.79 Å². The quantitative estimate of drug-likeness (QED) is 0.535. The predicted molar refractivity (Wildman–Crippen MR) is 84.5 cm³/mol. The molecule has 0 fully saturated rings. The monoisotopic (exact) mass is 296 g/mol. The number of carbonyl (C=O) groups excluding carboxylic acids is 1. The van der Waals surface area contributed by atoms with Crippen LogP contribution in [0.15, 0.2) is 47.6 Å². The summed E-state index contributed by atoms with van der Waals surface area (Å²) < 4.78 is 5.43. The van der Waals surface area contributed by atoms with Crippen LogP contribution in [0.2, 0.25) is 0 Å². The summed E-state index contributed by atoms with van der Waals surface area (Å²) in [6, 6.07) is 13.2. The molecule has 0 aliphatic carbocycles. The van der Waals surface area contributed by atoms with Crippen LogP contribution in [0, 0.1) is 6.92 Å². The van der Waals surface area contributed by atoms with E-state index in [1.165, 1.54) is 6.21 Å². The number of nitrogens with one attached hydrogen (secondary N) is 1. The Bertz CT molecular complexity index is 726. The number of amides is 1. The minimum absolute atomic E-state index is 0.619. The highest BCUT2D eigenvalue weighted by atomic mass is 16.7. The number of aryl methyl sites for hydroxylation is 1. The molecule has 1 heterocycles. The summed E-state index contributed by atoms with van der Waals surface area (Å²) in [6.45, 7) is 2.66. The summed E-state index contributed by atoms with van der Waals surface area (Å²) >= 11 is 0. The SMILES string of the molecule is Cc1cccc(NC(=O)ON=Cc2ccc3c(c2)CCO3)c1. The van der Waals surface area contributed by atoms with Crippen molar-refractivity contribution in [3.05, 3.63) is 59.2 Å². The molecule has 2 aromatic carbocycles. The van der Waals surface area contributed by atoms with E-state index in [9.17, 15) is 4.79 Å². The predicted octanol–water partition coefficient (Wildman–Crippen LogP) is 3.51. The van der Waals surface area contributed by atoms with Crippen molar-refractivity contribution in [3.63, 3.8) is 0 Å². The molecule has 0 saturated heterocycles. The van der Waals surface area contributed by atoms with Gasteiger partial charge in [-0.05, 0) is 53.9 Å². The summed E-state index contributed by atoms with van der Waals surface area (Å²) in [7, 11) is 0. The summed E-state index contributed by atoms with van der Waals surface area (Å²) in [6.07, 6.45) is 1.78. The van der Waals surface area contributed by atoms with E-state index in [0.29, 0.717) is 12.3 Å². The number of nitrogens with zero attached hydrogens (tertiary/aromatic N) is 1. The maximum absolute atomic E-state index is 11.6. The van der Waals surface area contributed by atoms with Crippen molar-refractivity contribution in [2.24, 2.45) is 5.16 Å². The Morgan fingerprint density at radius 2 is 2.23 bits per heavy atom. The number of ether oxygens (including phenoxy) is 1. The molecule has 0 unspecified atom stereocenters. The lowest BCUT2D eigenvalue weighted by Crippen LogP contribution is -2.10. The molecule has 0 saturated carbocycles. The Balaban J connectivity index is 1.56. The number of anilines is 1. The number of carbonyl (C=O) groups is 1. The van der Waals surface area contributed by atoms with Crippen molar-refractivity contribution in [1.82, 2.24) is 0 Å². The van der Waals surface area contributed by atoms with Gasteiger partial charge in [0.25, 0.3) is 0 Å². The zero-order valence-corrected chi connectivity index (χ0v) is 12.2. The molecule has 1 N–H and O–H groups in total. The molecule has 112 valence electrons. The summed E-state index contributed by atoms with van der Waals surface area (Å²) in [5.41, 5.74) is 3.75. The third kappa shape index (κ3) is 3.44. The molecular weight excluding hydrogens is 280 g/mol. The highest BCUT2D eigenvalue weighted by Gasteiger charge is 2.11. The third-order valence-corrected chi connectivity index (χ3v) is 3.32. The van der Waals surface area contributed by atoms with Crippen molar-refractivity contribution in [3.8, 4) is 5.75 Å². The molecule has 5 nitrogen and oxygen atoms in total. The van der Waals surface area contributed by atoms with Gasteiger partial charge in [0.15, 0.2) is 0 Å². The van der Waals surface area contributed by atoms with Gasteiger partial charge in [-0.15, -0.1) is 0 Å². The van der Waals surface area contributed by atoms with Gasteiger partial charge in [-0.2, -0.15) is 0 Å². The molecule has 2 aromatic rings. The maximum Gasteiger partial charge on any atom is 0.437 e. The van der Waals surface area contributed by atoms with Gasteiger partial charge < -0.3 is 4.74 Å². The molecule has 3 rings (SSSR count). The minimum Gasteiger partial charge on any atom is -0.493 e. The second-order valence-corrected chi connectivity index (χ2v) is 5.07. The standard InChI is InChI=1S/C17H16N2O3/c1-12-3-2-4-15(9-12)19-17(20)22-18-11-13-5-6-16-14(10-13)7-8-21-16/h2-6,9-11H,7-8H2,1H3,(H,19,20). The van der Waals surface area contributed by atoms with Crippen LogP contribution < -0.4 is 10.1 Å². The van der Waals surface area contributed by atoms with E-state index in [-0.39, 0.29) is 0 Å². The van der Waals surface area contributed by atoms with E-state index < -0.39 is 6.09 Å². The van der Waals surface area contributed by atoms with Gasteiger partial charge in [0.1, 0.15) is 5.75 Å². The minimum atomic E-state index is -0.619. The Morgan fingerprint density at radius 1 is 1.32 bits per heavy atom. The topological polar surface area (TPSA) is 59.9 Å². The van der Waals surface area contributed by atoms with Crippen LogP contribution in [0.3, 0.4) is 0 Å². The van der Waals surface area contributed by atoms with Crippen LogP contribution in [0.5, 0.6) is 5.75 Å². The van der Waals surface area contributed by atoms with Gasteiger partial charge in [-0.1, -0.05) is 17.3 Å². The van der Waals surface area contributed by atoms with E-state index in [0.717, 1.165) is 28.9 Å².